The molecule has 0 radical (unpaired) electrons. The molecule has 0 amide bonds. The van der Waals surface area contributed by atoms with Gasteiger partial charge in [0.05, 0.1) is 32.2 Å². The molecule has 0 aliphatic heterocycles. The molecule has 2 heterocycles. The fraction of sp³-hybridized carbons (Fsp3) is 0.364. The van der Waals surface area contributed by atoms with E-state index in [1.807, 2.05) is 6.07 Å². The number of aryl methyl sites for hydroxylation is 1. The second kappa shape index (κ2) is 10.5. The number of pyridine rings is 1. The van der Waals surface area contributed by atoms with E-state index in [-0.39, 0.29) is 12.2 Å². The molecule has 7 heteroatoms. The predicted octanol–water partition coefficient (Wildman–Crippen LogP) is 3.11. The number of aliphatic hydroxyl groups excluding tert-OH is 1. The Kier molecular flexibility index (Phi) is 7.47. The van der Waals surface area contributed by atoms with Crippen molar-refractivity contribution in [1.29, 1.82) is 0 Å². The summed E-state index contributed by atoms with van der Waals surface area (Å²) in [6.07, 6.45) is 7.88. The molecule has 29 heavy (non-hydrogen) atoms. The van der Waals surface area contributed by atoms with Crippen LogP contribution in [0.25, 0.3) is 0 Å². The number of aromatic amines is 1. The number of ether oxygens (including phenoxy) is 2. The molecule has 0 aliphatic rings. The van der Waals surface area contributed by atoms with E-state index in [4.69, 9.17) is 9.47 Å². The van der Waals surface area contributed by atoms with E-state index in [1.54, 1.807) is 19.4 Å². The predicted molar refractivity (Wildman–Crippen MR) is 110 cm³/mol. The number of unbranched alkanes of at least 4 members (excludes halogenated alkanes) is 2. The first kappa shape index (κ1) is 20.7. The van der Waals surface area contributed by atoms with Crippen LogP contribution in [0.3, 0.4) is 0 Å². The first-order valence-electron chi connectivity index (χ1n) is 9.80. The van der Waals surface area contributed by atoms with E-state index in [2.05, 4.69) is 34.2 Å². The Hall–Kier alpha value is -3.06. The summed E-state index contributed by atoms with van der Waals surface area (Å²) in [4.78, 5) is 18.4. The third-order valence-electron chi connectivity index (χ3n) is 4.72. The number of aliphatic hydroxyl groups is 1. The van der Waals surface area contributed by atoms with Gasteiger partial charge in [-0.3, -0.25) is 9.55 Å². The van der Waals surface area contributed by atoms with E-state index in [1.165, 1.54) is 22.5 Å². The number of H-pyrrole nitrogens is 1. The molecule has 0 fully saturated rings. The van der Waals surface area contributed by atoms with Crippen molar-refractivity contribution in [2.75, 3.05) is 13.7 Å². The topological polar surface area (TPSA) is 89.4 Å². The van der Waals surface area contributed by atoms with Gasteiger partial charge in [-0.2, -0.15) is 0 Å². The van der Waals surface area contributed by atoms with Crippen LogP contribution in [0, 0.1) is 0 Å². The van der Waals surface area contributed by atoms with Gasteiger partial charge >= 0.3 is 5.69 Å². The monoisotopic (exact) mass is 397 g/mol. The van der Waals surface area contributed by atoms with E-state index < -0.39 is 6.10 Å². The number of nitrogens with zero attached hydrogens (tertiary/aromatic N) is 2. The maximum atomic E-state index is 11.6. The molecular weight excluding hydrogens is 370 g/mol. The van der Waals surface area contributed by atoms with Crippen LogP contribution in [-0.2, 0) is 13.0 Å². The maximum absolute atomic E-state index is 11.6. The van der Waals surface area contributed by atoms with E-state index in [9.17, 15) is 9.90 Å². The van der Waals surface area contributed by atoms with Crippen LogP contribution in [0.2, 0.25) is 0 Å². The van der Waals surface area contributed by atoms with Gasteiger partial charge in [0.2, 0.25) is 0 Å². The van der Waals surface area contributed by atoms with Crippen molar-refractivity contribution in [3.8, 4) is 11.5 Å². The zero-order valence-corrected chi connectivity index (χ0v) is 16.6. The van der Waals surface area contributed by atoms with E-state index >= 15 is 0 Å². The SMILES string of the molecule is COc1cnc(C(O)Cn2cc[nH]c2=O)cc1OCCCCCc1ccccc1. The van der Waals surface area contributed by atoms with Crippen molar-refractivity contribution >= 4 is 0 Å². The summed E-state index contributed by atoms with van der Waals surface area (Å²) in [7, 11) is 1.55. The summed E-state index contributed by atoms with van der Waals surface area (Å²) in [6, 6.07) is 12.1. The van der Waals surface area contributed by atoms with Crippen molar-refractivity contribution in [2.45, 2.75) is 38.3 Å². The fourth-order valence-corrected chi connectivity index (χ4v) is 3.10. The van der Waals surface area contributed by atoms with Crippen LogP contribution in [0.1, 0.15) is 36.6 Å². The van der Waals surface area contributed by atoms with Crippen LogP contribution < -0.4 is 15.2 Å². The van der Waals surface area contributed by atoms with Gasteiger partial charge in [-0.25, -0.2) is 4.79 Å². The molecule has 0 saturated carbocycles. The summed E-state index contributed by atoms with van der Waals surface area (Å²) in [6.45, 7) is 0.669. The highest BCUT2D eigenvalue weighted by atomic mass is 16.5. The first-order chi connectivity index (χ1) is 14.2. The molecule has 2 N–H and O–H groups in total. The third-order valence-corrected chi connectivity index (χ3v) is 4.72. The minimum Gasteiger partial charge on any atom is -0.491 e. The summed E-state index contributed by atoms with van der Waals surface area (Å²) in [5, 5.41) is 10.4. The van der Waals surface area contributed by atoms with Gasteiger partial charge in [0, 0.05) is 18.5 Å². The van der Waals surface area contributed by atoms with Crippen LogP contribution in [-0.4, -0.2) is 33.4 Å². The number of imidazole rings is 1. The molecule has 1 atom stereocenters. The molecule has 1 unspecified atom stereocenters. The van der Waals surface area contributed by atoms with Gasteiger partial charge < -0.3 is 19.6 Å². The Morgan fingerprint density at radius 3 is 2.72 bits per heavy atom. The van der Waals surface area contributed by atoms with Crippen molar-refractivity contribution in [1.82, 2.24) is 14.5 Å². The highest BCUT2D eigenvalue weighted by Gasteiger charge is 2.15. The van der Waals surface area contributed by atoms with Crippen LogP contribution in [0.4, 0.5) is 0 Å². The second-order valence-corrected chi connectivity index (χ2v) is 6.84. The standard InChI is InChI=1S/C22H27N3O4/c1-28-21-15-24-18(19(26)16-25-12-11-23-22(25)27)14-20(21)29-13-7-3-6-10-17-8-4-2-5-9-17/h2,4-5,8-9,11-12,14-15,19,26H,3,6-7,10,13,16H2,1H3,(H,23,27). The van der Waals surface area contributed by atoms with Crippen LogP contribution >= 0.6 is 0 Å². The number of methoxy groups -OCH3 is 1. The zero-order valence-electron chi connectivity index (χ0n) is 16.6. The molecular formula is C22H27N3O4. The Morgan fingerprint density at radius 2 is 2.00 bits per heavy atom. The van der Waals surface area contributed by atoms with Crippen LogP contribution in [0.5, 0.6) is 11.5 Å². The van der Waals surface area contributed by atoms with Crippen LogP contribution in [0.15, 0.2) is 59.8 Å². The molecule has 3 aromatic rings. The van der Waals surface area contributed by atoms with E-state index in [0.29, 0.717) is 23.8 Å². The summed E-state index contributed by atoms with van der Waals surface area (Å²) in [5.74, 6) is 1.06. The fourth-order valence-electron chi connectivity index (χ4n) is 3.10. The smallest absolute Gasteiger partial charge is 0.325 e. The number of hydrogen-bond donors (Lipinski definition) is 2. The van der Waals surface area contributed by atoms with Gasteiger partial charge in [-0.1, -0.05) is 30.3 Å². The lowest BCUT2D eigenvalue weighted by atomic mass is 10.1. The van der Waals surface area contributed by atoms with Crippen molar-refractivity contribution in [2.24, 2.45) is 0 Å². The highest BCUT2D eigenvalue weighted by Crippen LogP contribution is 2.29. The molecule has 0 bridgehead atoms. The third kappa shape index (κ3) is 5.96. The van der Waals surface area contributed by atoms with Gasteiger partial charge in [0.15, 0.2) is 11.5 Å². The number of hydrogen-bond acceptors (Lipinski definition) is 5. The Morgan fingerprint density at radius 1 is 1.17 bits per heavy atom. The molecule has 7 nitrogen and oxygen atoms in total. The van der Waals surface area contributed by atoms with Gasteiger partial charge in [-0.05, 0) is 31.2 Å². The van der Waals surface area contributed by atoms with Gasteiger partial charge in [-0.15, -0.1) is 0 Å². The number of nitrogens with one attached hydrogen (secondary N) is 1. The lowest BCUT2D eigenvalue weighted by molar-refractivity contribution is 0.149. The minimum absolute atomic E-state index is 0.112. The molecule has 3 rings (SSSR count). The molecule has 0 saturated heterocycles. The number of rotatable bonds is 11. The summed E-state index contributed by atoms with van der Waals surface area (Å²) >= 11 is 0. The lowest BCUT2D eigenvalue weighted by Gasteiger charge is -2.15. The molecule has 154 valence electrons. The lowest BCUT2D eigenvalue weighted by Crippen LogP contribution is -2.20. The van der Waals surface area contributed by atoms with Gasteiger partial charge in [0.1, 0.15) is 6.10 Å². The van der Waals surface area contributed by atoms with Crippen molar-refractivity contribution < 1.29 is 14.6 Å². The largest absolute Gasteiger partial charge is 0.491 e. The molecule has 1 aromatic carbocycles. The normalized spacial score (nSPS) is 11.9. The zero-order chi connectivity index (χ0) is 20.5. The summed E-state index contributed by atoms with van der Waals surface area (Å²) in [5.41, 5.74) is 1.51. The Labute approximate surface area is 170 Å². The molecule has 2 aromatic heterocycles. The summed E-state index contributed by atoms with van der Waals surface area (Å²) < 4.78 is 12.6. The first-order valence-corrected chi connectivity index (χ1v) is 9.80. The average Bonchev–Trinajstić information content (AvgIpc) is 3.15. The maximum Gasteiger partial charge on any atom is 0.325 e. The highest BCUT2D eigenvalue weighted by molar-refractivity contribution is 5.39. The second-order valence-electron chi connectivity index (χ2n) is 6.84. The quantitative estimate of drug-likeness (QED) is 0.485. The number of benzene rings is 1. The Balaban J connectivity index is 1.50. The average molecular weight is 397 g/mol. The number of aromatic nitrogens is 3. The minimum atomic E-state index is -0.928. The Bertz CT molecular complexity index is 936. The molecule has 0 aliphatic carbocycles. The van der Waals surface area contributed by atoms with Gasteiger partial charge in [0.25, 0.3) is 0 Å². The van der Waals surface area contributed by atoms with Crippen molar-refractivity contribution in [3.63, 3.8) is 0 Å². The molecule has 0 spiro atoms. The van der Waals surface area contributed by atoms with Crippen molar-refractivity contribution in [3.05, 3.63) is 76.7 Å². The van der Waals surface area contributed by atoms with E-state index in [0.717, 1.165) is 25.7 Å².